The largest absolute Gasteiger partial charge is 0.382 e. The minimum Gasteiger partial charge on any atom is -0.382 e. The summed E-state index contributed by atoms with van der Waals surface area (Å²) in [7, 11) is 0. The van der Waals surface area contributed by atoms with E-state index >= 15 is 0 Å². The number of aryl methyl sites for hydroxylation is 4. The molecular weight excluding hydrogens is 306 g/mol. The van der Waals surface area contributed by atoms with Crippen molar-refractivity contribution < 1.29 is 0 Å². The normalized spacial score (nSPS) is 11.3. The summed E-state index contributed by atoms with van der Waals surface area (Å²) in [5.41, 5.74) is 13.2. The third-order valence-corrected chi connectivity index (χ3v) is 4.86. The fourth-order valence-electron chi connectivity index (χ4n) is 3.57. The second-order valence-corrected chi connectivity index (χ2v) is 6.64. The van der Waals surface area contributed by atoms with E-state index in [2.05, 4.69) is 54.1 Å². The molecule has 4 rings (SSSR count). The Morgan fingerprint density at radius 2 is 1.72 bits per heavy atom. The van der Waals surface area contributed by atoms with Crippen molar-refractivity contribution in [2.75, 3.05) is 5.73 Å². The van der Waals surface area contributed by atoms with Crippen LogP contribution in [0.1, 0.15) is 22.3 Å². The maximum Gasteiger partial charge on any atom is 0.150 e. The van der Waals surface area contributed by atoms with Crippen molar-refractivity contribution >= 4 is 27.6 Å². The van der Waals surface area contributed by atoms with Crippen LogP contribution in [0.25, 0.3) is 21.8 Å². The summed E-state index contributed by atoms with van der Waals surface area (Å²) < 4.78 is 0. The summed E-state index contributed by atoms with van der Waals surface area (Å²) in [4.78, 5) is 8.99. The molecule has 0 aliphatic heterocycles. The predicted octanol–water partition coefficient (Wildman–Crippen LogP) is 4.77. The van der Waals surface area contributed by atoms with E-state index in [1.807, 2.05) is 24.4 Å². The lowest BCUT2D eigenvalue weighted by Gasteiger charge is -2.12. The molecule has 0 unspecified atom stereocenters. The van der Waals surface area contributed by atoms with Gasteiger partial charge in [0, 0.05) is 17.0 Å². The molecule has 0 aliphatic rings. The van der Waals surface area contributed by atoms with Crippen molar-refractivity contribution in [3.05, 3.63) is 77.0 Å². The van der Waals surface area contributed by atoms with Crippen molar-refractivity contribution in [2.45, 2.75) is 26.7 Å². The van der Waals surface area contributed by atoms with Gasteiger partial charge in [0.2, 0.25) is 0 Å². The van der Waals surface area contributed by atoms with Gasteiger partial charge in [0.1, 0.15) is 5.52 Å². The first-order valence-corrected chi connectivity index (χ1v) is 8.61. The van der Waals surface area contributed by atoms with Crippen molar-refractivity contribution in [3.63, 3.8) is 0 Å². The second kappa shape index (κ2) is 6.17. The summed E-state index contributed by atoms with van der Waals surface area (Å²) in [6.07, 6.45) is 3.80. The third kappa shape index (κ3) is 2.82. The van der Waals surface area contributed by atoms with Crippen LogP contribution in [0.3, 0.4) is 0 Å². The van der Waals surface area contributed by atoms with Gasteiger partial charge in [0.25, 0.3) is 0 Å². The van der Waals surface area contributed by atoms with Crippen molar-refractivity contribution in [1.82, 2.24) is 9.97 Å². The number of fused-ring (bicyclic) bond motifs is 3. The van der Waals surface area contributed by atoms with Gasteiger partial charge in [-0.05, 0) is 55.5 Å². The SMILES string of the molecule is Cc1ccc(CCc2ccnc3c(N)nc4ccccc4c23)c(C)c1. The molecule has 124 valence electrons. The predicted molar refractivity (Wildman–Crippen MR) is 105 cm³/mol. The van der Waals surface area contributed by atoms with Gasteiger partial charge >= 0.3 is 0 Å². The maximum absolute atomic E-state index is 6.17. The number of benzene rings is 2. The lowest BCUT2D eigenvalue weighted by Crippen LogP contribution is -2.00. The molecule has 25 heavy (non-hydrogen) atoms. The highest BCUT2D eigenvalue weighted by Crippen LogP contribution is 2.30. The average Bonchev–Trinajstić information content (AvgIpc) is 2.61. The van der Waals surface area contributed by atoms with Crippen LogP contribution in [0.5, 0.6) is 0 Å². The van der Waals surface area contributed by atoms with Crippen LogP contribution in [-0.4, -0.2) is 9.97 Å². The molecule has 0 amide bonds. The van der Waals surface area contributed by atoms with Gasteiger partial charge in [-0.3, -0.25) is 4.98 Å². The van der Waals surface area contributed by atoms with Gasteiger partial charge < -0.3 is 5.73 Å². The van der Waals surface area contributed by atoms with Crippen LogP contribution in [0, 0.1) is 13.8 Å². The fraction of sp³-hybridized carbons (Fsp3) is 0.182. The van der Waals surface area contributed by atoms with Crippen LogP contribution in [0.4, 0.5) is 5.82 Å². The molecule has 3 nitrogen and oxygen atoms in total. The molecule has 3 heteroatoms. The Balaban J connectivity index is 1.82. The minimum atomic E-state index is 0.502. The molecule has 0 atom stereocenters. The summed E-state index contributed by atoms with van der Waals surface area (Å²) in [6.45, 7) is 4.32. The molecule has 0 bridgehead atoms. The van der Waals surface area contributed by atoms with Crippen LogP contribution in [0.2, 0.25) is 0 Å². The lowest BCUT2D eigenvalue weighted by atomic mass is 9.96. The Bertz CT molecular complexity index is 1080. The van der Waals surface area contributed by atoms with Crippen LogP contribution in [-0.2, 0) is 12.8 Å². The van der Waals surface area contributed by atoms with Crippen molar-refractivity contribution in [3.8, 4) is 0 Å². The Morgan fingerprint density at radius 1 is 0.920 bits per heavy atom. The summed E-state index contributed by atoms with van der Waals surface area (Å²) in [5, 5.41) is 2.26. The van der Waals surface area contributed by atoms with Gasteiger partial charge in [-0.1, -0.05) is 42.0 Å². The number of pyridine rings is 2. The molecule has 0 radical (unpaired) electrons. The van der Waals surface area contributed by atoms with E-state index in [0.717, 1.165) is 34.6 Å². The monoisotopic (exact) mass is 327 g/mol. The molecule has 2 N–H and O–H groups in total. The van der Waals surface area contributed by atoms with Crippen LogP contribution < -0.4 is 5.73 Å². The summed E-state index contributed by atoms with van der Waals surface area (Å²) in [6, 6.07) is 16.9. The molecule has 4 aromatic rings. The third-order valence-electron chi connectivity index (χ3n) is 4.86. The fourth-order valence-corrected chi connectivity index (χ4v) is 3.57. The minimum absolute atomic E-state index is 0.502. The smallest absolute Gasteiger partial charge is 0.150 e. The molecular formula is C22H21N3. The van der Waals surface area contributed by atoms with E-state index in [1.165, 1.54) is 22.3 Å². The zero-order valence-electron chi connectivity index (χ0n) is 14.6. The van der Waals surface area contributed by atoms with Gasteiger partial charge in [0.05, 0.1) is 5.52 Å². The van der Waals surface area contributed by atoms with E-state index in [0.29, 0.717) is 5.82 Å². The quantitative estimate of drug-likeness (QED) is 0.552. The highest BCUT2D eigenvalue weighted by Gasteiger charge is 2.11. The molecule has 0 spiro atoms. The van der Waals surface area contributed by atoms with E-state index in [4.69, 9.17) is 5.73 Å². The molecule has 2 heterocycles. The first-order chi connectivity index (χ1) is 12.1. The number of para-hydroxylation sites is 1. The van der Waals surface area contributed by atoms with Gasteiger partial charge in [-0.15, -0.1) is 0 Å². The highest BCUT2D eigenvalue weighted by molar-refractivity contribution is 6.09. The highest BCUT2D eigenvalue weighted by atomic mass is 14.9. The standard InChI is InChI=1S/C22H21N3/c1-14-7-8-16(15(2)13-14)9-10-17-11-12-24-21-20(17)18-5-3-4-6-19(18)25-22(21)23/h3-8,11-13H,9-10H2,1-2H3,(H2,23,25). The molecule has 0 aliphatic carbocycles. The Morgan fingerprint density at radius 3 is 2.56 bits per heavy atom. The summed E-state index contributed by atoms with van der Waals surface area (Å²) in [5.74, 6) is 0.502. The Kier molecular flexibility index (Phi) is 3.85. The Hall–Kier alpha value is -2.94. The molecule has 0 saturated carbocycles. The number of nitrogen functional groups attached to an aromatic ring is 1. The topological polar surface area (TPSA) is 51.8 Å². The van der Waals surface area contributed by atoms with E-state index < -0.39 is 0 Å². The van der Waals surface area contributed by atoms with Gasteiger partial charge in [-0.25, -0.2) is 4.98 Å². The number of nitrogens with zero attached hydrogens (tertiary/aromatic N) is 2. The van der Waals surface area contributed by atoms with E-state index in [9.17, 15) is 0 Å². The second-order valence-electron chi connectivity index (χ2n) is 6.64. The van der Waals surface area contributed by atoms with Crippen LogP contribution in [0.15, 0.2) is 54.7 Å². The average molecular weight is 327 g/mol. The molecule has 0 saturated heterocycles. The first kappa shape index (κ1) is 15.6. The van der Waals surface area contributed by atoms with Gasteiger partial charge in [0.15, 0.2) is 5.82 Å². The van der Waals surface area contributed by atoms with Crippen molar-refractivity contribution in [2.24, 2.45) is 0 Å². The molecule has 0 fully saturated rings. The molecule has 2 aromatic heterocycles. The Labute approximate surface area is 147 Å². The zero-order chi connectivity index (χ0) is 17.4. The molecule has 2 aromatic carbocycles. The lowest BCUT2D eigenvalue weighted by molar-refractivity contribution is 0.954. The number of hydrogen-bond donors (Lipinski definition) is 1. The van der Waals surface area contributed by atoms with Gasteiger partial charge in [-0.2, -0.15) is 0 Å². The maximum atomic E-state index is 6.17. The first-order valence-electron chi connectivity index (χ1n) is 8.61. The summed E-state index contributed by atoms with van der Waals surface area (Å²) >= 11 is 0. The van der Waals surface area contributed by atoms with Crippen molar-refractivity contribution in [1.29, 1.82) is 0 Å². The number of anilines is 1. The number of nitrogens with two attached hydrogens (primary N) is 1. The van der Waals surface area contributed by atoms with E-state index in [-0.39, 0.29) is 0 Å². The van der Waals surface area contributed by atoms with Crippen LogP contribution >= 0.6 is 0 Å². The van der Waals surface area contributed by atoms with E-state index in [1.54, 1.807) is 0 Å². The number of hydrogen-bond acceptors (Lipinski definition) is 3. The number of aromatic nitrogens is 2. The number of rotatable bonds is 3. The zero-order valence-corrected chi connectivity index (χ0v) is 14.6.